The predicted molar refractivity (Wildman–Crippen MR) is 102 cm³/mol. The van der Waals surface area contributed by atoms with Crippen molar-refractivity contribution < 1.29 is 23.4 Å². The summed E-state index contributed by atoms with van der Waals surface area (Å²) in [5, 5.41) is 24.9. The molecule has 0 aliphatic carbocycles. The molecule has 1 atom stereocenters. The number of aliphatic hydroxyl groups excluding tert-OH is 1. The van der Waals surface area contributed by atoms with Gasteiger partial charge in [0, 0.05) is 19.5 Å². The number of piperidine rings is 1. The molecule has 0 unspecified atom stereocenters. The average molecular weight is 426 g/mol. The van der Waals surface area contributed by atoms with Crippen molar-refractivity contribution in [2.45, 2.75) is 44.5 Å². The van der Waals surface area contributed by atoms with Crippen LogP contribution in [0.5, 0.6) is 5.88 Å². The highest BCUT2D eigenvalue weighted by atomic mass is 32.1. The number of likely N-dealkylation sites (tertiary alicyclic amines) is 1. The second-order valence-electron chi connectivity index (χ2n) is 7.16. The molecular formula is C19H21F3N4O2S. The summed E-state index contributed by atoms with van der Waals surface area (Å²) in [4.78, 5) is 7.37. The van der Waals surface area contributed by atoms with Gasteiger partial charge in [-0.15, -0.1) is 5.10 Å². The minimum Gasteiger partial charge on any atom is -0.492 e. The number of nitrogens with zero attached hydrogens (tertiary/aromatic N) is 4. The van der Waals surface area contributed by atoms with E-state index in [0.717, 1.165) is 12.1 Å². The largest absolute Gasteiger partial charge is 0.492 e. The maximum Gasteiger partial charge on any atom is 0.416 e. The molecule has 1 aliphatic rings. The van der Waals surface area contributed by atoms with E-state index in [1.54, 1.807) is 6.07 Å². The van der Waals surface area contributed by atoms with Gasteiger partial charge in [0.25, 0.3) is 0 Å². The van der Waals surface area contributed by atoms with Crippen LogP contribution in [0.4, 0.5) is 13.2 Å². The van der Waals surface area contributed by atoms with Crippen LogP contribution in [0, 0.1) is 0 Å². The quantitative estimate of drug-likeness (QED) is 0.667. The van der Waals surface area contributed by atoms with Gasteiger partial charge < -0.3 is 10.2 Å². The Hall–Kier alpha value is -2.17. The Kier molecular flexibility index (Phi) is 5.26. The van der Waals surface area contributed by atoms with Crippen molar-refractivity contribution >= 4 is 16.3 Å². The predicted octanol–water partition coefficient (Wildman–Crippen LogP) is 3.62. The van der Waals surface area contributed by atoms with Crippen LogP contribution < -0.4 is 0 Å². The summed E-state index contributed by atoms with van der Waals surface area (Å²) < 4.78 is 41.2. The van der Waals surface area contributed by atoms with Crippen LogP contribution in [-0.2, 0) is 12.6 Å². The number of rotatable bonds is 4. The van der Waals surface area contributed by atoms with Gasteiger partial charge in [-0.05, 0) is 30.5 Å². The molecule has 4 rings (SSSR count). The normalized spacial score (nSPS) is 17.8. The van der Waals surface area contributed by atoms with Crippen LogP contribution in [-0.4, -0.2) is 48.9 Å². The van der Waals surface area contributed by atoms with Gasteiger partial charge in [0.1, 0.15) is 0 Å². The van der Waals surface area contributed by atoms with Crippen molar-refractivity contribution in [2.75, 3.05) is 13.1 Å². The van der Waals surface area contributed by atoms with E-state index in [0.29, 0.717) is 53.6 Å². The van der Waals surface area contributed by atoms with Crippen LogP contribution in [0.1, 0.15) is 47.6 Å². The molecule has 10 heteroatoms. The standard InChI is InChI=1S/C19H21F3N4O2S/c1-2-14-23-18-26(24-14)17(28)16(29-18)15(25-8-6-13(27)7-9-25)11-4-3-5-12(10-11)19(20,21)22/h3-5,10,13,15,27-28H,2,6-9H2,1H3/t15-/m0/s1. The highest BCUT2D eigenvalue weighted by Gasteiger charge is 2.35. The molecule has 0 radical (unpaired) electrons. The molecule has 2 N–H and O–H groups in total. The summed E-state index contributed by atoms with van der Waals surface area (Å²) in [6, 6.07) is 4.60. The van der Waals surface area contributed by atoms with E-state index >= 15 is 0 Å². The maximum atomic E-state index is 13.3. The Morgan fingerprint density at radius 3 is 2.62 bits per heavy atom. The lowest BCUT2D eigenvalue weighted by Gasteiger charge is -2.36. The van der Waals surface area contributed by atoms with Gasteiger partial charge in [0.2, 0.25) is 10.8 Å². The minimum atomic E-state index is -4.46. The van der Waals surface area contributed by atoms with E-state index < -0.39 is 23.9 Å². The maximum absolute atomic E-state index is 13.3. The lowest BCUT2D eigenvalue weighted by Crippen LogP contribution is -2.38. The Morgan fingerprint density at radius 2 is 2.00 bits per heavy atom. The fourth-order valence-corrected chi connectivity index (χ4v) is 4.81. The van der Waals surface area contributed by atoms with Gasteiger partial charge >= 0.3 is 6.18 Å². The van der Waals surface area contributed by atoms with Crippen molar-refractivity contribution in [3.63, 3.8) is 0 Å². The van der Waals surface area contributed by atoms with Gasteiger partial charge in [-0.2, -0.15) is 17.7 Å². The molecule has 0 bridgehead atoms. The molecular weight excluding hydrogens is 405 g/mol. The van der Waals surface area contributed by atoms with Gasteiger partial charge in [-0.3, -0.25) is 4.90 Å². The van der Waals surface area contributed by atoms with Crippen molar-refractivity contribution in [3.05, 3.63) is 46.1 Å². The number of aromatic nitrogens is 3. The highest BCUT2D eigenvalue weighted by molar-refractivity contribution is 7.17. The molecule has 6 nitrogen and oxygen atoms in total. The molecule has 2 aromatic heterocycles. The second-order valence-corrected chi connectivity index (χ2v) is 8.17. The number of fused-ring (bicyclic) bond motifs is 1. The third-order valence-electron chi connectivity index (χ3n) is 5.20. The number of aryl methyl sites for hydroxylation is 1. The van der Waals surface area contributed by atoms with Crippen molar-refractivity contribution in [2.24, 2.45) is 0 Å². The van der Waals surface area contributed by atoms with E-state index in [-0.39, 0.29) is 5.88 Å². The summed E-state index contributed by atoms with van der Waals surface area (Å²) in [6.07, 6.45) is -3.21. The highest BCUT2D eigenvalue weighted by Crippen LogP contribution is 2.42. The zero-order chi connectivity index (χ0) is 20.8. The van der Waals surface area contributed by atoms with E-state index in [1.165, 1.54) is 21.9 Å². The third-order valence-corrected chi connectivity index (χ3v) is 6.27. The number of aromatic hydroxyl groups is 1. The number of thiazole rings is 1. The summed E-state index contributed by atoms with van der Waals surface area (Å²) in [6.45, 7) is 2.92. The molecule has 1 fully saturated rings. The fourth-order valence-electron chi connectivity index (χ4n) is 3.68. The first-order valence-corrected chi connectivity index (χ1v) is 10.3. The monoisotopic (exact) mass is 426 g/mol. The third kappa shape index (κ3) is 3.84. The zero-order valence-corrected chi connectivity index (χ0v) is 16.5. The average Bonchev–Trinajstić information content (AvgIpc) is 3.23. The Balaban J connectivity index is 1.81. The molecule has 1 saturated heterocycles. The summed E-state index contributed by atoms with van der Waals surface area (Å²) in [5.74, 6) is 0.487. The first-order chi connectivity index (χ1) is 13.8. The van der Waals surface area contributed by atoms with E-state index in [1.807, 2.05) is 11.8 Å². The van der Waals surface area contributed by atoms with Crippen LogP contribution in [0.15, 0.2) is 24.3 Å². The van der Waals surface area contributed by atoms with Gasteiger partial charge in [-0.25, -0.2) is 4.98 Å². The van der Waals surface area contributed by atoms with Crippen LogP contribution >= 0.6 is 11.3 Å². The van der Waals surface area contributed by atoms with Crippen LogP contribution in [0.2, 0.25) is 0 Å². The van der Waals surface area contributed by atoms with E-state index in [4.69, 9.17) is 0 Å². The van der Waals surface area contributed by atoms with Crippen molar-refractivity contribution in [1.82, 2.24) is 19.5 Å². The molecule has 0 amide bonds. The van der Waals surface area contributed by atoms with Gasteiger partial charge in [-0.1, -0.05) is 30.4 Å². The van der Waals surface area contributed by atoms with Gasteiger partial charge in [0.05, 0.1) is 22.6 Å². The lowest BCUT2D eigenvalue weighted by atomic mass is 9.97. The molecule has 29 heavy (non-hydrogen) atoms. The van der Waals surface area contributed by atoms with Crippen molar-refractivity contribution in [3.8, 4) is 5.88 Å². The zero-order valence-electron chi connectivity index (χ0n) is 15.7. The van der Waals surface area contributed by atoms with Gasteiger partial charge in [0.15, 0.2) is 5.82 Å². The van der Waals surface area contributed by atoms with E-state index in [9.17, 15) is 23.4 Å². The lowest BCUT2D eigenvalue weighted by molar-refractivity contribution is -0.137. The van der Waals surface area contributed by atoms with Crippen molar-refractivity contribution in [1.29, 1.82) is 0 Å². The number of hydrogen-bond acceptors (Lipinski definition) is 6. The first-order valence-electron chi connectivity index (χ1n) is 9.44. The fraction of sp³-hybridized carbons (Fsp3) is 0.474. The smallest absolute Gasteiger partial charge is 0.416 e. The molecule has 0 spiro atoms. The first kappa shape index (κ1) is 20.1. The Bertz CT molecular complexity index is 1010. The number of hydrogen-bond donors (Lipinski definition) is 2. The van der Waals surface area contributed by atoms with Crippen LogP contribution in [0.25, 0.3) is 4.96 Å². The number of aliphatic hydroxyl groups is 1. The molecule has 3 aromatic rings. The minimum absolute atomic E-state index is 0.106. The second kappa shape index (κ2) is 7.58. The molecule has 1 aliphatic heterocycles. The summed E-state index contributed by atoms with van der Waals surface area (Å²) in [7, 11) is 0. The Labute approximate surface area is 169 Å². The topological polar surface area (TPSA) is 73.9 Å². The van der Waals surface area contributed by atoms with E-state index in [2.05, 4.69) is 10.1 Å². The SMILES string of the molecule is CCc1nc2sc([C@H](c3cccc(C(F)(F)F)c3)N3CCC(O)CC3)c(O)n2n1. The summed E-state index contributed by atoms with van der Waals surface area (Å²) in [5.41, 5.74) is -0.295. The number of benzene rings is 1. The number of halogens is 3. The molecule has 0 saturated carbocycles. The van der Waals surface area contributed by atoms with Crippen LogP contribution in [0.3, 0.4) is 0 Å². The number of alkyl halides is 3. The molecule has 1 aromatic carbocycles. The molecule has 156 valence electrons. The molecule has 3 heterocycles. The Morgan fingerprint density at radius 1 is 1.28 bits per heavy atom. The summed E-state index contributed by atoms with van der Waals surface area (Å²) >= 11 is 1.22.